The zero-order valence-corrected chi connectivity index (χ0v) is 22.9. The van der Waals surface area contributed by atoms with Crippen molar-refractivity contribution < 1.29 is 8.78 Å². The highest BCUT2D eigenvalue weighted by Gasteiger charge is 2.09. The van der Waals surface area contributed by atoms with Gasteiger partial charge in [0.2, 0.25) is 0 Å². The normalized spacial score (nSPS) is 9.11. The molecule has 0 unspecified atom stereocenters. The summed E-state index contributed by atoms with van der Waals surface area (Å²) < 4.78 is 26.5. The Morgan fingerprint density at radius 2 is 1.31 bits per heavy atom. The second-order valence-corrected chi connectivity index (χ2v) is 7.60. The Labute approximate surface area is 216 Å². The number of anilines is 1. The van der Waals surface area contributed by atoms with Crippen LogP contribution in [0, 0.1) is 18.6 Å². The summed E-state index contributed by atoms with van der Waals surface area (Å²) in [5.74, 6) is -1.08. The van der Waals surface area contributed by atoms with Crippen molar-refractivity contribution in [1.29, 1.82) is 0 Å². The number of nitrogen functional groups attached to an aromatic ring is 1. The summed E-state index contributed by atoms with van der Waals surface area (Å²) in [6.45, 7) is 10.6. The maximum absolute atomic E-state index is 13.4. The fraction of sp³-hybridized carbons (Fsp3) is 0.379. The van der Waals surface area contributed by atoms with Crippen molar-refractivity contribution in [2.24, 2.45) is 11.5 Å². The second-order valence-electron chi connectivity index (χ2n) is 7.20. The number of hydrogen-bond donors (Lipinski definition) is 3. The third-order valence-electron chi connectivity index (χ3n) is 4.74. The van der Waals surface area contributed by atoms with E-state index in [0.29, 0.717) is 29.8 Å². The molecule has 3 aromatic rings. The minimum absolute atomic E-state index is 0.438. The first-order valence-electron chi connectivity index (χ1n) is 12.1. The summed E-state index contributed by atoms with van der Waals surface area (Å²) in [7, 11) is 1.50. The minimum Gasteiger partial charge on any atom is -0.398 e. The number of benzene rings is 3. The molecule has 3 rings (SSSR count). The smallest absolute Gasteiger partial charge is 0.129 e. The average Bonchev–Trinajstić information content (AvgIpc) is 2.87. The molecule has 0 fully saturated rings. The van der Waals surface area contributed by atoms with Gasteiger partial charge in [-0.1, -0.05) is 95.0 Å². The van der Waals surface area contributed by atoms with Gasteiger partial charge in [0, 0.05) is 23.3 Å². The van der Waals surface area contributed by atoms with E-state index in [2.05, 4.69) is 19.6 Å². The fourth-order valence-electron chi connectivity index (χ4n) is 2.80. The molecule has 0 atom stereocenters. The molecule has 196 valence electrons. The molecule has 0 saturated heterocycles. The zero-order valence-electron chi connectivity index (χ0n) is 22.2. The lowest BCUT2D eigenvalue weighted by atomic mass is 9.99. The summed E-state index contributed by atoms with van der Waals surface area (Å²) in [5.41, 5.74) is 19.3. The van der Waals surface area contributed by atoms with E-state index in [-0.39, 0.29) is 0 Å². The molecule has 35 heavy (non-hydrogen) atoms. The highest BCUT2D eigenvalue weighted by molar-refractivity contribution is 6.31. The van der Waals surface area contributed by atoms with Crippen molar-refractivity contribution >= 4 is 17.3 Å². The number of unbranched alkanes of at least 4 members (excludes halogenated alkanes) is 2. The quantitative estimate of drug-likeness (QED) is 0.306. The Hall–Kier alpha value is -2.47. The maximum atomic E-state index is 13.4. The predicted octanol–water partition coefficient (Wildman–Crippen LogP) is 8.04. The highest BCUT2D eigenvalue weighted by Crippen LogP contribution is 2.21. The molecule has 3 nitrogen and oxygen atoms in total. The van der Waals surface area contributed by atoms with Crippen LogP contribution in [0.25, 0.3) is 0 Å². The third kappa shape index (κ3) is 14.5. The van der Waals surface area contributed by atoms with Crippen LogP contribution in [0.1, 0.15) is 69.2 Å². The molecular weight excluding hydrogens is 464 g/mol. The van der Waals surface area contributed by atoms with Gasteiger partial charge in [-0.05, 0) is 60.8 Å². The van der Waals surface area contributed by atoms with E-state index < -0.39 is 11.6 Å². The molecule has 0 bridgehead atoms. The van der Waals surface area contributed by atoms with Gasteiger partial charge >= 0.3 is 0 Å². The Bertz CT molecular complexity index is 932. The molecule has 0 heterocycles. The van der Waals surface area contributed by atoms with E-state index in [1.54, 1.807) is 13.0 Å². The Morgan fingerprint density at radius 3 is 1.74 bits per heavy atom. The SMILES string of the molecule is CC.CCCCC.CN.Cc1c(F)cc(F)cc1Cc1ccccc1N.NCc1ccccc1Cl. The van der Waals surface area contributed by atoms with Gasteiger partial charge in [0.15, 0.2) is 0 Å². The standard InChI is InChI=1S/C14H13F2N.C7H8ClN.C5H12.C2H6.CH5N/c1-9-11(7-12(15)8-13(9)16)6-10-4-2-3-5-14(10)17;8-7-4-2-1-3-6(7)5-9;1-3-5-4-2;2*1-2/h2-5,7-8H,6,17H2,1H3;1-4H,5,9H2;3-5H2,1-2H3;1-2H3;2H2,1H3. The van der Waals surface area contributed by atoms with Crippen molar-refractivity contribution in [3.63, 3.8) is 0 Å². The highest BCUT2D eigenvalue weighted by atomic mass is 35.5. The fourth-order valence-corrected chi connectivity index (χ4v) is 3.01. The molecule has 0 amide bonds. The van der Waals surface area contributed by atoms with Gasteiger partial charge in [-0.3, -0.25) is 0 Å². The molecule has 0 spiro atoms. The third-order valence-corrected chi connectivity index (χ3v) is 5.11. The first-order valence-corrected chi connectivity index (χ1v) is 12.5. The summed E-state index contributed by atoms with van der Waals surface area (Å²) >= 11 is 5.74. The van der Waals surface area contributed by atoms with Crippen molar-refractivity contribution in [1.82, 2.24) is 0 Å². The molecule has 6 heteroatoms. The Morgan fingerprint density at radius 1 is 0.800 bits per heavy atom. The molecule has 3 aromatic carbocycles. The van der Waals surface area contributed by atoms with E-state index in [0.717, 1.165) is 22.2 Å². The van der Waals surface area contributed by atoms with Gasteiger partial charge in [0.05, 0.1) is 0 Å². The molecule has 0 aliphatic heterocycles. The lowest BCUT2D eigenvalue weighted by Crippen LogP contribution is -1.99. The van der Waals surface area contributed by atoms with E-state index in [9.17, 15) is 8.78 Å². The van der Waals surface area contributed by atoms with Gasteiger partial charge in [-0.2, -0.15) is 0 Å². The van der Waals surface area contributed by atoms with E-state index in [4.69, 9.17) is 23.1 Å². The molecular formula is C29H44ClF2N3. The second kappa shape index (κ2) is 22.0. The number of halogens is 3. The Kier molecular flexibility index (Phi) is 21.8. The summed E-state index contributed by atoms with van der Waals surface area (Å²) in [6.07, 6.45) is 4.51. The summed E-state index contributed by atoms with van der Waals surface area (Å²) in [6, 6.07) is 17.1. The zero-order chi connectivity index (χ0) is 27.2. The number of nitrogens with two attached hydrogens (primary N) is 3. The van der Waals surface area contributed by atoms with Gasteiger partial charge < -0.3 is 17.2 Å². The molecule has 6 N–H and O–H groups in total. The monoisotopic (exact) mass is 507 g/mol. The topological polar surface area (TPSA) is 78.1 Å². The van der Waals surface area contributed by atoms with Crippen LogP contribution < -0.4 is 17.2 Å². The lowest BCUT2D eigenvalue weighted by molar-refractivity contribution is 0.574. The molecule has 0 saturated carbocycles. The van der Waals surface area contributed by atoms with Crippen LogP contribution in [0.15, 0.2) is 60.7 Å². The molecule has 0 aromatic heterocycles. The van der Waals surface area contributed by atoms with Crippen LogP contribution >= 0.6 is 11.6 Å². The van der Waals surface area contributed by atoms with Crippen LogP contribution in [0.5, 0.6) is 0 Å². The average molecular weight is 508 g/mol. The van der Waals surface area contributed by atoms with Crippen molar-refractivity contribution in [2.75, 3.05) is 12.8 Å². The van der Waals surface area contributed by atoms with Crippen LogP contribution in [0.3, 0.4) is 0 Å². The number of para-hydroxylation sites is 1. The van der Waals surface area contributed by atoms with Crippen molar-refractivity contribution in [2.45, 2.75) is 66.8 Å². The van der Waals surface area contributed by atoms with Gasteiger partial charge in [0.25, 0.3) is 0 Å². The van der Waals surface area contributed by atoms with Crippen LogP contribution in [-0.2, 0) is 13.0 Å². The van der Waals surface area contributed by atoms with Crippen LogP contribution in [0.4, 0.5) is 14.5 Å². The number of hydrogen-bond acceptors (Lipinski definition) is 3. The van der Waals surface area contributed by atoms with Crippen LogP contribution in [-0.4, -0.2) is 7.05 Å². The van der Waals surface area contributed by atoms with E-state index in [1.165, 1.54) is 32.4 Å². The first kappa shape index (κ1) is 34.7. The Balaban J connectivity index is 0. The van der Waals surface area contributed by atoms with Gasteiger partial charge in [0.1, 0.15) is 11.6 Å². The molecule has 0 aliphatic carbocycles. The molecule has 0 aliphatic rings. The van der Waals surface area contributed by atoms with E-state index >= 15 is 0 Å². The van der Waals surface area contributed by atoms with E-state index in [1.807, 2.05) is 56.3 Å². The molecule has 0 radical (unpaired) electrons. The first-order chi connectivity index (χ1) is 16.8. The van der Waals surface area contributed by atoms with Crippen molar-refractivity contribution in [3.05, 3.63) is 99.6 Å². The lowest BCUT2D eigenvalue weighted by Gasteiger charge is -2.09. The summed E-state index contributed by atoms with van der Waals surface area (Å²) in [4.78, 5) is 0. The van der Waals surface area contributed by atoms with Crippen molar-refractivity contribution in [3.8, 4) is 0 Å². The summed E-state index contributed by atoms with van der Waals surface area (Å²) in [5, 5.41) is 0.750. The maximum Gasteiger partial charge on any atom is 0.129 e. The predicted molar refractivity (Wildman–Crippen MR) is 151 cm³/mol. The van der Waals surface area contributed by atoms with Gasteiger partial charge in [-0.25, -0.2) is 8.78 Å². The minimum atomic E-state index is -0.558. The van der Waals surface area contributed by atoms with Gasteiger partial charge in [-0.15, -0.1) is 0 Å². The number of rotatable bonds is 5. The largest absolute Gasteiger partial charge is 0.398 e. The van der Waals surface area contributed by atoms with Crippen LogP contribution in [0.2, 0.25) is 5.02 Å².